The van der Waals surface area contributed by atoms with Crippen molar-refractivity contribution in [2.75, 3.05) is 26.7 Å². The summed E-state index contributed by atoms with van der Waals surface area (Å²) in [6.07, 6.45) is 10.4. The van der Waals surface area contributed by atoms with Crippen molar-refractivity contribution in [3.05, 3.63) is 66.2 Å². The third kappa shape index (κ3) is 4.38. The highest BCUT2D eigenvalue weighted by Gasteiger charge is 2.41. The number of ether oxygens (including phenoxy) is 1. The number of halogens is 1. The maximum atomic E-state index is 13.0. The molecule has 0 unspecified atom stereocenters. The van der Waals surface area contributed by atoms with Crippen LogP contribution in [0.3, 0.4) is 0 Å². The van der Waals surface area contributed by atoms with Gasteiger partial charge in [-0.05, 0) is 30.5 Å². The first kappa shape index (κ1) is 19.4. The number of rotatable bonds is 6. The molecule has 0 aliphatic carbocycles. The van der Waals surface area contributed by atoms with E-state index in [4.69, 9.17) is 9.26 Å². The fraction of sp³-hybridized carbons (Fsp3) is 0.333. The molecule has 29 heavy (non-hydrogen) atoms. The van der Waals surface area contributed by atoms with Gasteiger partial charge in [0.15, 0.2) is 0 Å². The number of nitrogens with zero attached hydrogens (tertiary/aromatic N) is 5. The highest BCUT2D eigenvalue weighted by atomic mass is 19.1. The Morgan fingerprint density at radius 3 is 2.69 bits per heavy atom. The molecule has 0 bridgehead atoms. The molecule has 1 aromatic carbocycles. The molecule has 0 atom stereocenters. The van der Waals surface area contributed by atoms with Crippen LogP contribution in [0.25, 0.3) is 17.6 Å². The van der Waals surface area contributed by atoms with Gasteiger partial charge in [0.1, 0.15) is 17.1 Å². The van der Waals surface area contributed by atoms with Gasteiger partial charge in [-0.2, -0.15) is 4.98 Å². The van der Waals surface area contributed by atoms with E-state index in [1.54, 1.807) is 37.8 Å². The second-order valence-corrected chi connectivity index (χ2v) is 6.97. The van der Waals surface area contributed by atoms with Crippen molar-refractivity contribution in [3.8, 4) is 11.5 Å². The lowest BCUT2D eigenvalue weighted by Crippen LogP contribution is -2.44. The topological polar surface area (TPSA) is 77.2 Å². The monoisotopic (exact) mass is 395 g/mol. The lowest BCUT2D eigenvalue weighted by molar-refractivity contribution is -0.0812. The minimum atomic E-state index is -0.593. The summed E-state index contributed by atoms with van der Waals surface area (Å²) in [5, 5.41) is 4.04. The van der Waals surface area contributed by atoms with Crippen molar-refractivity contribution in [2.24, 2.45) is 0 Å². The van der Waals surface area contributed by atoms with Crippen LogP contribution in [0, 0.1) is 5.82 Å². The van der Waals surface area contributed by atoms with Crippen LogP contribution in [-0.2, 0) is 10.3 Å². The number of hydrogen-bond acceptors (Lipinski definition) is 7. The highest BCUT2D eigenvalue weighted by molar-refractivity contribution is 5.49. The van der Waals surface area contributed by atoms with E-state index < -0.39 is 5.60 Å². The third-order valence-corrected chi connectivity index (χ3v) is 5.21. The zero-order valence-electron chi connectivity index (χ0n) is 16.2. The number of likely N-dealkylation sites (tertiary alicyclic amines) is 1. The first-order chi connectivity index (χ1) is 14.2. The summed E-state index contributed by atoms with van der Waals surface area (Å²) >= 11 is 0. The Balaban J connectivity index is 1.38. The summed E-state index contributed by atoms with van der Waals surface area (Å²) in [4.78, 5) is 15.1. The standard InChI is InChI=1S/C21H22FN5O2/c1-28-21(20-25-19(26-29-20)18-15-23-10-11-24-18)8-13-27(14-9-21)12-2-3-16-4-6-17(22)7-5-16/h2-7,10-11,15H,8-9,12-14H2,1H3/b3-2+. The Labute approximate surface area is 168 Å². The Morgan fingerprint density at radius 1 is 1.21 bits per heavy atom. The van der Waals surface area contributed by atoms with Gasteiger partial charge in [0.05, 0.1) is 6.20 Å². The average molecular weight is 395 g/mol. The summed E-state index contributed by atoms with van der Waals surface area (Å²) in [5.41, 5.74) is 0.958. The maximum absolute atomic E-state index is 13.0. The summed E-state index contributed by atoms with van der Waals surface area (Å²) in [7, 11) is 1.68. The van der Waals surface area contributed by atoms with Crippen LogP contribution >= 0.6 is 0 Å². The fourth-order valence-corrected chi connectivity index (χ4v) is 3.44. The van der Waals surface area contributed by atoms with Crippen molar-refractivity contribution in [1.29, 1.82) is 0 Å². The molecule has 0 saturated carbocycles. The lowest BCUT2D eigenvalue weighted by Gasteiger charge is -2.37. The van der Waals surface area contributed by atoms with E-state index in [1.165, 1.54) is 12.1 Å². The predicted molar refractivity (Wildman–Crippen MR) is 105 cm³/mol. The second-order valence-electron chi connectivity index (χ2n) is 6.97. The van der Waals surface area contributed by atoms with Gasteiger partial charge in [0, 0.05) is 39.1 Å². The quantitative estimate of drug-likeness (QED) is 0.634. The summed E-state index contributed by atoms with van der Waals surface area (Å²) in [6, 6.07) is 6.46. The van der Waals surface area contributed by atoms with Crippen molar-refractivity contribution in [2.45, 2.75) is 18.4 Å². The van der Waals surface area contributed by atoms with Gasteiger partial charge in [0.25, 0.3) is 5.89 Å². The zero-order valence-corrected chi connectivity index (χ0v) is 16.2. The molecule has 0 spiro atoms. The molecule has 8 heteroatoms. The van der Waals surface area contributed by atoms with Gasteiger partial charge in [-0.15, -0.1) is 0 Å². The molecule has 0 amide bonds. The summed E-state index contributed by atoms with van der Waals surface area (Å²) in [5.74, 6) is 0.661. The van der Waals surface area contributed by atoms with E-state index in [2.05, 4.69) is 31.1 Å². The molecule has 1 aliphatic rings. The molecule has 4 rings (SSSR count). The van der Waals surface area contributed by atoms with Gasteiger partial charge in [0.2, 0.25) is 5.82 Å². The van der Waals surface area contributed by atoms with Gasteiger partial charge >= 0.3 is 0 Å². The maximum Gasteiger partial charge on any atom is 0.259 e. The van der Waals surface area contributed by atoms with E-state index in [1.807, 2.05) is 6.08 Å². The Bertz CT molecular complexity index is 951. The Morgan fingerprint density at radius 2 is 2.00 bits per heavy atom. The van der Waals surface area contributed by atoms with Crippen LogP contribution in [0.5, 0.6) is 0 Å². The third-order valence-electron chi connectivity index (χ3n) is 5.21. The number of aromatic nitrogens is 4. The number of hydrogen-bond donors (Lipinski definition) is 0. The van der Waals surface area contributed by atoms with Crippen LogP contribution in [0.1, 0.15) is 24.3 Å². The van der Waals surface area contributed by atoms with Gasteiger partial charge in [-0.25, -0.2) is 9.37 Å². The molecule has 150 valence electrons. The number of methoxy groups -OCH3 is 1. The predicted octanol–water partition coefficient (Wildman–Crippen LogP) is 3.32. The number of benzene rings is 1. The molecule has 0 N–H and O–H groups in total. The highest BCUT2D eigenvalue weighted by Crippen LogP contribution is 2.35. The van der Waals surface area contributed by atoms with Crippen molar-refractivity contribution < 1.29 is 13.7 Å². The van der Waals surface area contributed by atoms with Crippen LogP contribution in [0.4, 0.5) is 4.39 Å². The molecular formula is C21H22FN5O2. The molecule has 2 aromatic heterocycles. The SMILES string of the molecule is COC1(c2nc(-c3cnccn3)no2)CCN(C/C=C/c2ccc(F)cc2)CC1. The van der Waals surface area contributed by atoms with E-state index in [-0.39, 0.29) is 5.82 Å². The van der Waals surface area contributed by atoms with Crippen LogP contribution < -0.4 is 0 Å². The normalized spacial score (nSPS) is 17.0. The molecule has 1 saturated heterocycles. The van der Waals surface area contributed by atoms with Crippen molar-refractivity contribution >= 4 is 6.08 Å². The van der Waals surface area contributed by atoms with Crippen LogP contribution in [0.2, 0.25) is 0 Å². The van der Waals surface area contributed by atoms with E-state index in [0.29, 0.717) is 17.4 Å². The van der Waals surface area contributed by atoms with Crippen LogP contribution in [0.15, 0.2) is 53.5 Å². The molecule has 0 radical (unpaired) electrons. The first-order valence-corrected chi connectivity index (χ1v) is 9.49. The number of piperidine rings is 1. The lowest BCUT2D eigenvalue weighted by atomic mass is 9.91. The second kappa shape index (κ2) is 8.59. The van der Waals surface area contributed by atoms with Gasteiger partial charge < -0.3 is 9.26 Å². The molecule has 7 nitrogen and oxygen atoms in total. The Hall–Kier alpha value is -2.97. The van der Waals surface area contributed by atoms with Crippen molar-refractivity contribution in [3.63, 3.8) is 0 Å². The first-order valence-electron chi connectivity index (χ1n) is 9.49. The molecule has 1 fully saturated rings. The van der Waals surface area contributed by atoms with Crippen LogP contribution in [-0.4, -0.2) is 51.8 Å². The zero-order chi connectivity index (χ0) is 20.1. The smallest absolute Gasteiger partial charge is 0.259 e. The largest absolute Gasteiger partial charge is 0.368 e. The minimum absolute atomic E-state index is 0.224. The molecule has 3 aromatic rings. The summed E-state index contributed by atoms with van der Waals surface area (Å²) < 4.78 is 24.3. The minimum Gasteiger partial charge on any atom is -0.368 e. The average Bonchev–Trinajstić information content (AvgIpc) is 3.27. The van der Waals surface area contributed by atoms with Gasteiger partial charge in [-0.3, -0.25) is 9.88 Å². The molecule has 1 aliphatic heterocycles. The van der Waals surface area contributed by atoms with E-state index in [0.717, 1.165) is 38.0 Å². The Kier molecular flexibility index (Phi) is 5.73. The van der Waals surface area contributed by atoms with Gasteiger partial charge in [-0.1, -0.05) is 29.4 Å². The molecule has 3 heterocycles. The molecular weight excluding hydrogens is 373 g/mol. The van der Waals surface area contributed by atoms with E-state index >= 15 is 0 Å². The van der Waals surface area contributed by atoms with E-state index in [9.17, 15) is 4.39 Å². The summed E-state index contributed by atoms with van der Waals surface area (Å²) in [6.45, 7) is 2.49. The van der Waals surface area contributed by atoms with Crippen molar-refractivity contribution in [1.82, 2.24) is 25.0 Å². The fourth-order valence-electron chi connectivity index (χ4n) is 3.44.